The van der Waals surface area contributed by atoms with E-state index in [2.05, 4.69) is 0 Å². The minimum atomic E-state index is -1.44. The van der Waals surface area contributed by atoms with Crippen molar-refractivity contribution < 1.29 is 19.0 Å². The van der Waals surface area contributed by atoms with E-state index in [4.69, 9.17) is 4.74 Å². The zero-order valence-electron chi connectivity index (χ0n) is 9.36. The summed E-state index contributed by atoms with van der Waals surface area (Å²) in [5, 5.41) is 9.19. The molecule has 0 aliphatic carbocycles. The highest BCUT2D eigenvalue weighted by Gasteiger charge is 2.33. The molecular formula is C10H18FNO3. The molecule has 1 aliphatic heterocycles. The summed E-state index contributed by atoms with van der Waals surface area (Å²) in [6.45, 7) is 5.40. The van der Waals surface area contributed by atoms with Crippen LogP contribution in [0.4, 0.5) is 9.18 Å². The third-order valence-corrected chi connectivity index (χ3v) is 2.14. The largest absolute Gasteiger partial charge is 0.444 e. The molecule has 0 spiro atoms. The van der Waals surface area contributed by atoms with Crippen molar-refractivity contribution in [2.45, 2.75) is 51.6 Å². The average Bonchev–Trinajstić information content (AvgIpc) is 1.99. The van der Waals surface area contributed by atoms with Gasteiger partial charge in [-0.1, -0.05) is 0 Å². The minimum absolute atomic E-state index is 0.0285. The van der Waals surface area contributed by atoms with Crippen LogP contribution in [0.1, 0.15) is 33.6 Å². The van der Waals surface area contributed by atoms with Crippen molar-refractivity contribution in [3.8, 4) is 0 Å². The molecule has 1 heterocycles. The van der Waals surface area contributed by atoms with Gasteiger partial charge >= 0.3 is 6.09 Å². The third-order valence-electron chi connectivity index (χ3n) is 2.14. The van der Waals surface area contributed by atoms with E-state index in [1.165, 1.54) is 0 Å². The smallest absolute Gasteiger partial charge is 0.412 e. The van der Waals surface area contributed by atoms with E-state index in [0.29, 0.717) is 6.42 Å². The lowest BCUT2D eigenvalue weighted by Crippen LogP contribution is -2.47. The maximum absolute atomic E-state index is 13.4. The van der Waals surface area contributed by atoms with Crippen molar-refractivity contribution >= 4 is 6.09 Å². The second-order valence-corrected chi connectivity index (χ2v) is 4.79. The van der Waals surface area contributed by atoms with Crippen molar-refractivity contribution in [2.24, 2.45) is 0 Å². The van der Waals surface area contributed by atoms with Gasteiger partial charge in [-0.15, -0.1) is 0 Å². The van der Waals surface area contributed by atoms with Crippen molar-refractivity contribution in [2.75, 3.05) is 6.54 Å². The molecule has 15 heavy (non-hydrogen) atoms. The Hall–Kier alpha value is -0.840. The molecule has 1 amide bonds. The molecule has 0 aromatic heterocycles. The Bertz CT molecular complexity index is 239. The summed E-state index contributed by atoms with van der Waals surface area (Å²) < 4.78 is 18.4. The van der Waals surface area contributed by atoms with Crippen LogP contribution in [0, 0.1) is 0 Å². The van der Waals surface area contributed by atoms with Gasteiger partial charge in [-0.3, -0.25) is 4.90 Å². The molecule has 4 nitrogen and oxygen atoms in total. The Kier molecular flexibility index (Phi) is 3.54. The van der Waals surface area contributed by atoms with E-state index in [1.807, 2.05) is 0 Å². The van der Waals surface area contributed by atoms with Gasteiger partial charge in [-0.05, 0) is 27.2 Å². The lowest BCUT2D eigenvalue weighted by atomic mass is 10.1. The Labute approximate surface area is 89.0 Å². The molecule has 1 rings (SSSR count). The summed E-state index contributed by atoms with van der Waals surface area (Å²) in [6.07, 6.45) is -2.37. The number of nitrogens with zero attached hydrogens (tertiary/aromatic N) is 1. The molecule has 1 saturated heterocycles. The lowest BCUT2D eigenvalue weighted by molar-refractivity contribution is -0.0392. The molecule has 0 saturated carbocycles. The number of halogens is 1. The number of carbonyl (C=O) groups excluding carboxylic acids is 1. The Morgan fingerprint density at radius 1 is 1.53 bits per heavy atom. The Balaban J connectivity index is 2.53. The number of hydrogen-bond acceptors (Lipinski definition) is 3. The fraction of sp³-hybridized carbons (Fsp3) is 0.900. The highest BCUT2D eigenvalue weighted by atomic mass is 19.1. The maximum Gasteiger partial charge on any atom is 0.412 e. The molecular weight excluding hydrogens is 201 g/mol. The molecule has 0 radical (unpaired) electrons. The fourth-order valence-corrected chi connectivity index (χ4v) is 1.42. The molecule has 5 heteroatoms. The van der Waals surface area contributed by atoms with Gasteiger partial charge in [-0.25, -0.2) is 9.18 Å². The second-order valence-electron chi connectivity index (χ2n) is 4.79. The van der Waals surface area contributed by atoms with Gasteiger partial charge in [0.15, 0.2) is 6.30 Å². The molecule has 0 aromatic carbocycles. The zero-order chi connectivity index (χ0) is 11.6. The van der Waals surface area contributed by atoms with Gasteiger partial charge in [0.25, 0.3) is 0 Å². The first-order valence-electron chi connectivity index (χ1n) is 5.11. The Morgan fingerprint density at radius 3 is 2.60 bits per heavy atom. The van der Waals surface area contributed by atoms with Crippen molar-refractivity contribution in [3.63, 3.8) is 0 Å². The number of piperidine rings is 1. The quantitative estimate of drug-likeness (QED) is 0.630. The summed E-state index contributed by atoms with van der Waals surface area (Å²) in [5.74, 6) is 0. The number of hydrogen-bond donors (Lipinski definition) is 1. The van der Waals surface area contributed by atoms with E-state index >= 15 is 0 Å². The average molecular weight is 219 g/mol. The SMILES string of the molecule is CC(C)(C)OC(=O)N1CCC(O)CC1F. The second kappa shape index (κ2) is 4.35. The number of aliphatic hydroxyl groups is 1. The zero-order valence-corrected chi connectivity index (χ0v) is 9.36. The van der Waals surface area contributed by atoms with E-state index in [9.17, 15) is 14.3 Å². The molecule has 1 N–H and O–H groups in total. The molecule has 1 fully saturated rings. The first-order chi connectivity index (χ1) is 6.79. The number of amides is 1. The van der Waals surface area contributed by atoms with Crippen LogP contribution in [0.5, 0.6) is 0 Å². The van der Waals surface area contributed by atoms with E-state index in [0.717, 1.165) is 4.90 Å². The van der Waals surface area contributed by atoms with E-state index < -0.39 is 24.1 Å². The van der Waals surface area contributed by atoms with E-state index in [-0.39, 0.29) is 13.0 Å². The van der Waals surface area contributed by atoms with Crippen LogP contribution < -0.4 is 0 Å². The van der Waals surface area contributed by atoms with Gasteiger partial charge in [-0.2, -0.15) is 0 Å². The third kappa shape index (κ3) is 3.66. The summed E-state index contributed by atoms with van der Waals surface area (Å²) in [6, 6.07) is 0. The predicted octanol–water partition coefficient (Wildman–Crippen LogP) is 1.67. The number of rotatable bonds is 0. The lowest BCUT2D eigenvalue weighted by Gasteiger charge is -2.34. The van der Waals surface area contributed by atoms with Gasteiger partial charge < -0.3 is 9.84 Å². The predicted molar refractivity (Wildman–Crippen MR) is 53.1 cm³/mol. The van der Waals surface area contributed by atoms with Crippen LogP contribution in [0.15, 0.2) is 0 Å². The molecule has 1 aliphatic rings. The number of alkyl halides is 1. The minimum Gasteiger partial charge on any atom is -0.444 e. The molecule has 2 unspecified atom stereocenters. The molecule has 88 valence electrons. The summed E-state index contributed by atoms with van der Waals surface area (Å²) in [7, 11) is 0. The normalized spacial score (nSPS) is 27.7. The Morgan fingerprint density at radius 2 is 2.13 bits per heavy atom. The highest BCUT2D eigenvalue weighted by molar-refractivity contribution is 5.68. The van der Waals surface area contributed by atoms with Gasteiger partial charge in [0.2, 0.25) is 0 Å². The topological polar surface area (TPSA) is 49.8 Å². The first kappa shape index (κ1) is 12.2. The molecule has 2 atom stereocenters. The van der Waals surface area contributed by atoms with Crippen LogP contribution in [0.3, 0.4) is 0 Å². The number of likely N-dealkylation sites (tertiary alicyclic amines) is 1. The number of aliphatic hydroxyl groups excluding tert-OH is 1. The summed E-state index contributed by atoms with van der Waals surface area (Å²) in [4.78, 5) is 12.5. The maximum atomic E-state index is 13.4. The van der Waals surface area contributed by atoms with Crippen molar-refractivity contribution in [1.29, 1.82) is 0 Å². The van der Waals surface area contributed by atoms with Crippen LogP contribution in [-0.4, -0.2) is 40.6 Å². The standard InChI is InChI=1S/C10H18FNO3/c1-10(2,3)15-9(14)12-5-4-7(13)6-8(12)11/h7-8,13H,4-6H2,1-3H3. The fourth-order valence-electron chi connectivity index (χ4n) is 1.42. The van der Waals surface area contributed by atoms with Gasteiger partial charge in [0.05, 0.1) is 6.10 Å². The summed E-state index contributed by atoms with van der Waals surface area (Å²) in [5.41, 5.74) is -0.618. The van der Waals surface area contributed by atoms with Crippen LogP contribution >= 0.6 is 0 Å². The van der Waals surface area contributed by atoms with Crippen molar-refractivity contribution in [1.82, 2.24) is 4.90 Å². The molecule has 0 bridgehead atoms. The summed E-state index contributed by atoms with van der Waals surface area (Å²) >= 11 is 0. The monoisotopic (exact) mass is 219 g/mol. The van der Waals surface area contributed by atoms with Crippen LogP contribution in [0.25, 0.3) is 0 Å². The van der Waals surface area contributed by atoms with Crippen LogP contribution in [0.2, 0.25) is 0 Å². The van der Waals surface area contributed by atoms with E-state index in [1.54, 1.807) is 20.8 Å². The first-order valence-corrected chi connectivity index (χ1v) is 5.11. The van der Waals surface area contributed by atoms with Gasteiger partial charge in [0, 0.05) is 13.0 Å². The number of ether oxygens (including phenoxy) is 1. The molecule has 0 aromatic rings. The van der Waals surface area contributed by atoms with Crippen molar-refractivity contribution in [3.05, 3.63) is 0 Å². The van der Waals surface area contributed by atoms with Crippen LogP contribution in [-0.2, 0) is 4.74 Å². The highest BCUT2D eigenvalue weighted by Crippen LogP contribution is 2.21. The number of carbonyl (C=O) groups is 1. The van der Waals surface area contributed by atoms with Gasteiger partial charge in [0.1, 0.15) is 5.60 Å².